The van der Waals surface area contributed by atoms with Crippen LogP contribution in [0.2, 0.25) is 18.1 Å². The summed E-state index contributed by atoms with van der Waals surface area (Å²) in [6, 6.07) is 10.8. The van der Waals surface area contributed by atoms with Gasteiger partial charge in [0, 0.05) is 10.3 Å². The van der Waals surface area contributed by atoms with Crippen molar-refractivity contribution in [2.24, 2.45) is 11.8 Å². The van der Waals surface area contributed by atoms with Gasteiger partial charge in [0.15, 0.2) is 14.6 Å². The van der Waals surface area contributed by atoms with Crippen LogP contribution >= 0.6 is 22.6 Å². The summed E-state index contributed by atoms with van der Waals surface area (Å²) in [4.78, 5) is 15.1. The van der Waals surface area contributed by atoms with Gasteiger partial charge in [-0.25, -0.2) is 0 Å². The molecule has 1 aromatic rings. The Balaban J connectivity index is 1.73. The number of benzene rings is 1. The van der Waals surface area contributed by atoms with Gasteiger partial charge in [-0.2, -0.15) is 0 Å². The quantitative estimate of drug-likeness (QED) is 0.121. The Kier molecular flexibility index (Phi) is 9.05. The summed E-state index contributed by atoms with van der Waals surface area (Å²) in [5.41, 5.74) is 2.66. The van der Waals surface area contributed by atoms with Crippen LogP contribution in [0, 0.1) is 11.8 Å². The second kappa shape index (κ2) is 11.2. The first-order valence-electron chi connectivity index (χ1n) is 12.0. The lowest BCUT2D eigenvalue weighted by atomic mass is 9.78. The number of carbonyl (C=O) groups excluding carboxylic acids is 1. The Labute approximate surface area is 212 Å². The number of ether oxygens (including phenoxy) is 2. The molecule has 0 bridgehead atoms. The van der Waals surface area contributed by atoms with Gasteiger partial charge in [-0.1, -0.05) is 62.4 Å². The van der Waals surface area contributed by atoms with E-state index in [0.717, 1.165) is 39.4 Å². The van der Waals surface area contributed by atoms with Gasteiger partial charge >= 0.3 is 0 Å². The van der Waals surface area contributed by atoms with Gasteiger partial charge in [0.25, 0.3) is 0 Å². The van der Waals surface area contributed by atoms with Crippen molar-refractivity contribution in [1.29, 1.82) is 0 Å². The molecule has 184 valence electrons. The smallest absolute Gasteiger partial charge is 0.235 e. The molecule has 1 N–H and O–H groups in total. The van der Waals surface area contributed by atoms with E-state index >= 15 is 0 Å². The summed E-state index contributed by atoms with van der Waals surface area (Å²) in [7, 11) is -0.183. The lowest BCUT2D eigenvalue weighted by molar-refractivity contribution is -0.167. The van der Waals surface area contributed by atoms with E-state index in [4.69, 9.17) is 13.9 Å². The number of aliphatic hydroxyl groups is 1. The molecule has 0 aromatic heterocycles. The van der Waals surface area contributed by atoms with Gasteiger partial charge in [-0.3, -0.25) is 4.79 Å². The Bertz CT molecular complexity index is 849. The average molecular weight is 588 g/mol. The number of halogens is 1. The Morgan fingerprint density at radius 3 is 2.27 bits per heavy atom. The van der Waals surface area contributed by atoms with Crippen molar-refractivity contribution >= 4 is 36.8 Å². The minimum Gasteiger partial charge on any atom is -0.497 e. The Hall–Kier alpha value is -0.943. The Morgan fingerprint density at radius 2 is 1.76 bits per heavy atom. The molecule has 3 rings (SSSR count). The fourth-order valence-corrected chi connectivity index (χ4v) is 9.35. The maximum absolute atomic E-state index is 13.3. The average Bonchev–Trinajstić information content (AvgIpc) is 3.09. The lowest BCUT2D eigenvalue weighted by Crippen LogP contribution is -2.65. The monoisotopic (exact) mass is 587 g/mol. The Morgan fingerprint density at radius 1 is 1.15 bits per heavy atom. The van der Waals surface area contributed by atoms with Crippen LogP contribution in [-0.2, 0) is 20.6 Å². The van der Waals surface area contributed by atoms with Gasteiger partial charge in [0.05, 0.1) is 37.5 Å². The van der Waals surface area contributed by atoms with Gasteiger partial charge < -0.3 is 23.9 Å². The van der Waals surface area contributed by atoms with E-state index in [2.05, 4.69) is 57.2 Å². The molecule has 33 heavy (non-hydrogen) atoms. The van der Waals surface area contributed by atoms with E-state index in [1.54, 1.807) is 12.0 Å². The number of fused-ring (bicyclic) bond motifs is 1. The molecule has 5 atom stereocenters. The second-order valence-electron chi connectivity index (χ2n) is 9.14. The third kappa shape index (κ3) is 5.05. The van der Waals surface area contributed by atoms with E-state index in [-0.39, 0.29) is 36.5 Å². The minimum absolute atomic E-state index is 0.0313. The molecule has 1 fully saturated rings. The van der Waals surface area contributed by atoms with Gasteiger partial charge in [0.1, 0.15) is 5.75 Å². The number of aliphatic hydroxyl groups excluding tert-OH is 1. The van der Waals surface area contributed by atoms with E-state index in [1.165, 1.54) is 0 Å². The van der Waals surface area contributed by atoms with E-state index in [9.17, 15) is 9.90 Å². The molecule has 0 saturated carbocycles. The zero-order valence-electron chi connectivity index (χ0n) is 20.6. The summed E-state index contributed by atoms with van der Waals surface area (Å²) in [5.74, 6) is 0.829. The summed E-state index contributed by atoms with van der Waals surface area (Å²) in [5, 5.41) is 11.0. The summed E-state index contributed by atoms with van der Waals surface area (Å²) in [6.07, 6.45) is -1.25. The van der Waals surface area contributed by atoms with E-state index in [0.29, 0.717) is 5.70 Å². The molecule has 0 aliphatic carbocycles. The zero-order valence-corrected chi connectivity index (χ0v) is 23.8. The molecular formula is C25H38INO5Si. The van der Waals surface area contributed by atoms with Crippen molar-refractivity contribution in [3.05, 3.63) is 41.1 Å². The molecule has 2 unspecified atom stereocenters. The molecule has 2 heterocycles. The van der Waals surface area contributed by atoms with Gasteiger partial charge in [-0.05, 0) is 48.3 Å². The SMILES string of the molecule is CC[Si](CC)(CC)O[C@H](C)[C@H]1C(=O)N2C(C(O)OCc3ccc(OC)cc3)=C(CI)[C@H](C)C12. The lowest BCUT2D eigenvalue weighted by Gasteiger charge is -2.50. The largest absolute Gasteiger partial charge is 0.497 e. The molecule has 1 aromatic carbocycles. The summed E-state index contributed by atoms with van der Waals surface area (Å²) in [6.45, 7) is 11.1. The van der Waals surface area contributed by atoms with Crippen molar-refractivity contribution in [1.82, 2.24) is 4.90 Å². The number of rotatable bonds is 12. The van der Waals surface area contributed by atoms with Crippen molar-refractivity contribution in [3.63, 3.8) is 0 Å². The molecule has 1 saturated heterocycles. The molecule has 2 aliphatic rings. The normalized spacial score (nSPS) is 24.5. The molecule has 6 nitrogen and oxygen atoms in total. The predicted molar refractivity (Wildman–Crippen MR) is 141 cm³/mol. The van der Waals surface area contributed by atoms with Crippen molar-refractivity contribution < 1.29 is 23.8 Å². The first-order valence-corrected chi connectivity index (χ1v) is 16.0. The number of amides is 1. The molecule has 2 aliphatic heterocycles. The predicted octanol–water partition coefficient (Wildman–Crippen LogP) is 5.11. The van der Waals surface area contributed by atoms with Crippen LogP contribution in [0.5, 0.6) is 5.75 Å². The van der Waals surface area contributed by atoms with E-state index in [1.807, 2.05) is 24.3 Å². The highest BCUT2D eigenvalue weighted by Gasteiger charge is 2.60. The van der Waals surface area contributed by atoms with Crippen LogP contribution in [0.4, 0.5) is 0 Å². The van der Waals surface area contributed by atoms with Crippen LogP contribution in [0.15, 0.2) is 35.5 Å². The minimum atomic E-state index is -1.81. The van der Waals surface area contributed by atoms with Crippen LogP contribution in [0.3, 0.4) is 0 Å². The highest BCUT2D eigenvalue weighted by Crippen LogP contribution is 2.49. The molecule has 1 amide bonds. The number of β-lactam (4-membered cyclic amide) rings is 1. The van der Waals surface area contributed by atoms with Gasteiger partial charge in [0.2, 0.25) is 5.91 Å². The van der Waals surface area contributed by atoms with Crippen molar-refractivity contribution in [2.75, 3.05) is 11.5 Å². The van der Waals surface area contributed by atoms with Crippen LogP contribution in [-0.4, -0.2) is 54.2 Å². The van der Waals surface area contributed by atoms with Crippen molar-refractivity contribution in [3.8, 4) is 5.75 Å². The number of hydrogen-bond acceptors (Lipinski definition) is 5. The molecule has 0 radical (unpaired) electrons. The second-order valence-corrected chi connectivity index (χ2v) is 14.6. The van der Waals surface area contributed by atoms with Crippen molar-refractivity contribution in [2.45, 2.75) is 77.8 Å². The number of methoxy groups -OCH3 is 1. The topological polar surface area (TPSA) is 68.2 Å². The molecule has 0 spiro atoms. The number of hydrogen-bond donors (Lipinski definition) is 1. The van der Waals surface area contributed by atoms with Crippen LogP contribution in [0.25, 0.3) is 0 Å². The van der Waals surface area contributed by atoms with E-state index < -0.39 is 14.6 Å². The molecule has 8 heteroatoms. The summed E-state index contributed by atoms with van der Waals surface area (Å²) >= 11 is 2.32. The third-order valence-corrected chi connectivity index (χ3v) is 13.2. The number of alkyl halides is 1. The molecular weight excluding hydrogens is 549 g/mol. The summed E-state index contributed by atoms with van der Waals surface area (Å²) < 4.78 is 18.4. The standard InChI is InChI=1S/C25H38INO5Si/c1-7-33(8-2,9-3)32-17(5)21-22-16(4)20(14-26)23(27(22)24(21)28)25(29)31-15-18-10-12-19(30-6)13-11-18/h10-13,16-17,21-22,25,29H,7-9,14-15H2,1-6H3/t16-,17+,21+,22?,25?/m0/s1. The first kappa shape index (κ1) is 26.7. The fraction of sp³-hybridized carbons (Fsp3) is 0.640. The fourth-order valence-electron chi connectivity index (χ4n) is 5.33. The maximum Gasteiger partial charge on any atom is 0.235 e. The first-order chi connectivity index (χ1) is 15.8. The third-order valence-electron chi connectivity index (χ3n) is 7.66. The highest BCUT2D eigenvalue weighted by atomic mass is 127. The number of nitrogens with zero attached hydrogens (tertiary/aromatic N) is 1. The van der Waals surface area contributed by atoms with Crippen LogP contribution in [0.1, 0.15) is 40.2 Å². The number of carbonyl (C=O) groups is 1. The highest BCUT2D eigenvalue weighted by molar-refractivity contribution is 14.1. The van der Waals surface area contributed by atoms with Crippen LogP contribution < -0.4 is 4.74 Å². The van der Waals surface area contributed by atoms with Gasteiger partial charge in [-0.15, -0.1) is 0 Å². The maximum atomic E-state index is 13.3. The zero-order chi connectivity index (χ0) is 24.3.